The second-order valence-electron chi connectivity index (χ2n) is 5.81. The molecule has 2 atom stereocenters. The third-order valence-electron chi connectivity index (χ3n) is 4.21. The van der Waals surface area contributed by atoms with Crippen molar-refractivity contribution in [2.24, 2.45) is 5.92 Å². The van der Waals surface area contributed by atoms with Crippen LogP contribution in [0.3, 0.4) is 0 Å². The molecule has 0 aromatic heterocycles. The van der Waals surface area contributed by atoms with E-state index >= 15 is 0 Å². The number of anilines is 1. The van der Waals surface area contributed by atoms with Gasteiger partial charge in [-0.1, -0.05) is 48.5 Å². The van der Waals surface area contributed by atoms with Gasteiger partial charge in [0.1, 0.15) is 0 Å². The Morgan fingerprint density at radius 3 is 2.16 bits per heavy atom. The van der Waals surface area contributed by atoms with Crippen LogP contribution in [-0.4, -0.2) is 31.1 Å². The molecule has 0 spiro atoms. The van der Waals surface area contributed by atoms with Gasteiger partial charge in [-0.2, -0.15) is 0 Å². The quantitative estimate of drug-likeness (QED) is 0.786. The third-order valence-corrected chi connectivity index (χ3v) is 4.21. The number of carbonyl (C=O) groups excluding carboxylic acids is 2. The zero-order chi connectivity index (χ0) is 18.2. The predicted octanol–water partition coefficient (Wildman–Crippen LogP) is 2.95. The van der Waals surface area contributed by atoms with Crippen molar-refractivity contribution in [2.75, 3.05) is 19.1 Å². The largest absolute Gasteiger partial charge is 0.469 e. The first kappa shape index (κ1) is 18.7. The van der Waals surface area contributed by atoms with E-state index in [9.17, 15) is 14.7 Å². The Labute approximate surface area is 147 Å². The maximum Gasteiger partial charge on any atom is 0.311 e. The van der Waals surface area contributed by atoms with Crippen LogP contribution in [-0.2, 0) is 14.3 Å². The minimum absolute atomic E-state index is 0.125. The number of ether oxygens (including phenoxy) is 1. The lowest BCUT2D eigenvalue weighted by Crippen LogP contribution is -2.29. The predicted molar refractivity (Wildman–Crippen MR) is 96.0 cm³/mol. The summed E-state index contributed by atoms with van der Waals surface area (Å²) in [5, 5.41) is 10.5. The number of aliphatic hydroxyl groups is 1. The molecule has 0 bridgehead atoms. The summed E-state index contributed by atoms with van der Waals surface area (Å²) in [7, 11) is 2.98. The van der Waals surface area contributed by atoms with Crippen molar-refractivity contribution in [1.29, 1.82) is 0 Å². The molecule has 25 heavy (non-hydrogen) atoms. The fraction of sp³-hybridized carbons (Fsp3) is 0.300. The minimum atomic E-state index is -1.01. The maximum atomic E-state index is 12.4. The van der Waals surface area contributed by atoms with E-state index in [-0.39, 0.29) is 18.7 Å². The molecule has 0 unspecified atom stereocenters. The normalized spacial score (nSPS) is 12.9. The third kappa shape index (κ3) is 4.90. The first-order valence-electron chi connectivity index (χ1n) is 8.17. The molecule has 0 aliphatic carbocycles. The highest BCUT2D eigenvalue weighted by Crippen LogP contribution is 2.27. The van der Waals surface area contributed by atoms with Crippen LogP contribution in [0.15, 0.2) is 60.7 Å². The zero-order valence-electron chi connectivity index (χ0n) is 14.5. The van der Waals surface area contributed by atoms with Crippen molar-refractivity contribution in [1.82, 2.24) is 0 Å². The summed E-state index contributed by atoms with van der Waals surface area (Å²) in [6, 6.07) is 18.2. The Hall–Kier alpha value is -2.66. The van der Waals surface area contributed by atoms with Gasteiger partial charge in [0.25, 0.3) is 0 Å². The molecule has 0 saturated heterocycles. The molecule has 0 saturated carbocycles. The van der Waals surface area contributed by atoms with Crippen molar-refractivity contribution in [3.05, 3.63) is 66.2 Å². The van der Waals surface area contributed by atoms with E-state index < -0.39 is 18.0 Å². The van der Waals surface area contributed by atoms with Crippen molar-refractivity contribution >= 4 is 17.6 Å². The second kappa shape index (κ2) is 8.99. The van der Waals surface area contributed by atoms with Gasteiger partial charge in [-0.3, -0.25) is 9.59 Å². The molecule has 1 amide bonds. The summed E-state index contributed by atoms with van der Waals surface area (Å²) in [5.74, 6) is -1.44. The summed E-state index contributed by atoms with van der Waals surface area (Å²) in [4.78, 5) is 26.0. The van der Waals surface area contributed by atoms with Crippen LogP contribution in [0.1, 0.15) is 24.5 Å². The first-order chi connectivity index (χ1) is 12.0. The summed E-state index contributed by atoms with van der Waals surface area (Å²) in [6.45, 7) is 0. The van der Waals surface area contributed by atoms with Crippen molar-refractivity contribution in [2.45, 2.75) is 18.9 Å². The summed E-state index contributed by atoms with van der Waals surface area (Å²) in [5.41, 5.74) is 1.41. The molecule has 132 valence electrons. The molecular formula is C20H23NO4. The fourth-order valence-corrected chi connectivity index (χ4v) is 2.68. The van der Waals surface area contributed by atoms with Crippen LogP contribution in [0.4, 0.5) is 5.69 Å². The first-order valence-corrected chi connectivity index (χ1v) is 8.17. The van der Waals surface area contributed by atoms with E-state index in [0.717, 1.165) is 5.69 Å². The van der Waals surface area contributed by atoms with Crippen LogP contribution < -0.4 is 4.90 Å². The highest BCUT2D eigenvalue weighted by molar-refractivity contribution is 5.93. The highest BCUT2D eigenvalue weighted by atomic mass is 16.5. The molecule has 2 aromatic rings. The number of methoxy groups -OCH3 is 1. The zero-order valence-corrected chi connectivity index (χ0v) is 14.5. The van der Waals surface area contributed by atoms with Crippen LogP contribution in [0.25, 0.3) is 0 Å². The number of nitrogens with zero attached hydrogens (tertiary/aromatic N) is 1. The summed E-state index contributed by atoms with van der Waals surface area (Å²) < 4.78 is 4.81. The van der Waals surface area contributed by atoms with E-state index in [0.29, 0.717) is 5.56 Å². The lowest BCUT2D eigenvalue weighted by atomic mass is 9.91. The van der Waals surface area contributed by atoms with E-state index in [1.54, 1.807) is 36.2 Å². The summed E-state index contributed by atoms with van der Waals surface area (Å²) in [6.07, 6.45) is -0.670. The van der Waals surface area contributed by atoms with Gasteiger partial charge in [0, 0.05) is 19.2 Å². The fourth-order valence-electron chi connectivity index (χ4n) is 2.68. The Morgan fingerprint density at radius 1 is 1.04 bits per heavy atom. The van der Waals surface area contributed by atoms with Gasteiger partial charge in [0.2, 0.25) is 5.91 Å². The minimum Gasteiger partial charge on any atom is -0.469 e. The van der Waals surface area contributed by atoms with E-state index in [1.165, 1.54) is 7.11 Å². The molecule has 1 N–H and O–H groups in total. The monoisotopic (exact) mass is 341 g/mol. The molecule has 0 aliphatic heterocycles. The van der Waals surface area contributed by atoms with Gasteiger partial charge in [-0.15, -0.1) is 0 Å². The van der Waals surface area contributed by atoms with Gasteiger partial charge in [-0.05, 0) is 24.1 Å². The lowest BCUT2D eigenvalue weighted by Gasteiger charge is -2.22. The lowest BCUT2D eigenvalue weighted by molar-refractivity contribution is -0.150. The van der Waals surface area contributed by atoms with E-state index in [1.807, 2.05) is 36.4 Å². The van der Waals surface area contributed by atoms with Gasteiger partial charge in [0.15, 0.2) is 0 Å². The molecule has 2 aromatic carbocycles. The number of carbonyl (C=O) groups is 2. The van der Waals surface area contributed by atoms with Crippen molar-refractivity contribution in [3.8, 4) is 0 Å². The Morgan fingerprint density at radius 2 is 1.60 bits per heavy atom. The highest BCUT2D eigenvalue weighted by Gasteiger charge is 2.29. The molecule has 0 radical (unpaired) electrons. The molecule has 0 aliphatic rings. The van der Waals surface area contributed by atoms with E-state index in [2.05, 4.69) is 0 Å². The number of benzene rings is 2. The van der Waals surface area contributed by atoms with Crippen LogP contribution in [0, 0.1) is 5.92 Å². The van der Waals surface area contributed by atoms with Crippen molar-refractivity contribution < 1.29 is 19.4 Å². The van der Waals surface area contributed by atoms with Crippen molar-refractivity contribution in [3.63, 3.8) is 0 Å². The number of para-hydroxylation sites is 1. The molecule has 2 rings (SSSR count). The number of hydrogen-bond acceptors (Lipinski definition) is 4. The number of aliphatic hydroxyl groups excluding tert-OH is 1. The number of rotatable bonds is 7. The topological polar surface area (TPSA) is 66.8 Å². The standard InChI is InChI=1S/C20H23NO4/c1-21(16-11-7-4-8-12-16)18(22)14-13-17(20(24)25-2)19(23)15-9-5-3-6-10-15/h3-12,17,19,23H,13-14H2,1-2H3/t17-,19+/m1/s1. The SMILES string of the molecule is COC(=O)[C@H](CCC(=O)N(C)c1ccccc1)[C@@H](O)c1ccccc1. The van der Waals surface area contributed by atoms with Gasteiger partial charge in [0.05, 0.1) is 19.1 Å². The summed E-state index contributed by atoms with van der Waals surface area (Å²) >= 11 is 0. The Bertz CT molecular complexity index is 687. The average Bonchev–Trinajstić information content (AvgIpc) is 2.68. The molecule has 0 heterocycles. The van der Waals surface area contributed by atoms with E-state index in [4.69, 9.17) is 4.74 Å². The number of esters is 1. The molecule has 5 nitrogen and oxygen atoms in total. The maximum absolute atomic E-state index is 12.4. The van der Waals surface area contributed by atoms with Crippen LogP contribution in [0.2, 0.25) is 0 Å². The molecular weight excluding hydrogens is 318 g/mol. The Balaban J connectivity index is 2.05. The average molecular weight is 341 g/mol. The van der Waals surface area contributed by atoms with Gasteiger partial charge >= 0.3 is 5.97 Å². The van der Waals surface area contributed by atoms with Crippen LogP contribution in [0.5, 0.6) is 0 Å². The van der Waals surface area contributed by atoms with Gasteiger partial charge in [-0.25, -0.2) is 0 Å². The number of amides is 1. The number of hydrogen-bond donors (Lipinski definition) is 1. The molecule has 0 fully saturated rings. The molecule has 5 heteroatoms. The van der Waals surface area contributed by atoms with Crippen LogP contribution >= 0.6 is 0 Å². The second-order valence-corrected chi connectivity index (χ2v) is 5.81. The Kier molecular flexibility index (Phi) is 6.71. The van der Waals surface area contributed by atoms with Gasteiger partial charge < -0.3 is 14.7 Å². The smallest absolute Gasteiger partial charge is 0.311 e.